The van der Waals surface area contributed by atoms with E-state index in [-0.39, 0.29) is 0 Å². The lowest BCUT2D eigenvalue weighted by Gasteiger charge is -2.21. The molecule has 0 amide bonds. The van der Waals surface area contributed by atoms with E-state index in [0.29, 0.717) is 0 Å². The van der Waals surface area contributed by atoms with Crippen LogP contribution in [-0.4, -0.2) is 13.1 Å². The summed E-state index contributed by atoms with van der Waals surface area (Å²) in [6.07, 6.45) is 0. The summed E-state index contributed by atoms with van der Waals surface area (Å²) in [4.78, 5) is 3.67. The van der Waals surface area contributed by atoms with Gasteiger partial charge in [0.25, 0.3) is 0 Å². The Morgan fingerprint density at radius 2 is 1.79 bits per heavy atom. The zero-order chi connectivity index (χ0) is 13.7. The topological polar surface area (TPSA) is 15.3 Å². The predicted octanol–water partition coefficient (Wildman–Crippen LogP) is 4.97. The Kier molecular flexibility index (Phi) is 5.28. The lowest BCUT2D eigenvalue weighted by atomic mass is 10.2. The van der Waals surface area contributed by atoms with Crippen molar-refractivity contribution in [3.63, 3.8) is 0 Å². The van der Waals surface area contributed by atoms with Crippen LogP contribution in [0.5, 0.6) is 0 Å². The summed E-state index contributed by atoms with van der Waals surface area (Å²) >= 11 is 5.32. The zero-order valence-corrected chi connectivity index (χ0v) is 13.7. The Bertz CT molecular complexity index is 503. The second kappa shape index (κ2) is 6.96. The molecule has 0 aliphatic heterocycles. The second-order valence-electron chi connectivity index (χ2n) is 4.26. The van der Waals surface area contributed by atoms with Crippen molar-refractivity contribution in [2.24, 2.45) is 0 Å². The molecular formula is C15H19BrN2S. The van der Waals surface area contributed by atoms with Gasteiger partial charge in [-0.1, -0.05) is 0 Å². The van der Waals surface area contributed by atoms with Crippen LogP contribution >= 0.6 is 27.3 Å². The third-order valence-electron chi connectivity index (χ3n) is 3.14. The maximum atomic E-state index is 3.55. The van der Waals surface area contributed by atoms with Crippen molar-refractivity contribution in [2.45, 2.75) is 20.4 Å². The van der Waals surface area contributed by atoms with E-state index in [1.54, 1.807) is 11.3 Å². The van der Waals surface area contributed by atoms with Crippen LogP contribution in [0.4, 0.5) is 11.4 Å². The van der Waals surface area contributed by atoms with Crippen LogP contribution in [0.25, 0.3) is 0 Å². The maximum Gasteiger partial charge on any atom is 0.0505 e. The van der Waals surface area contributed by atoms with Gasteiger partial charge < -0.3 is 10.2 Å². The number of hydrogen-bond donors (Lipinski definition) is 1. The minimum Gasteiger partial charge on any atom is -0.380 e. The zero-order valence-electron chi connectivity index (χ0n) is 11.3. The highest BCUT2D eigenvalue weighted by molar-refractivity contribution is 9.10. The molecule has 1 N–H and O–H groups in total. The largest absolute Gasteiger partial charge is 0.380 e. The van der Waals surface area contributed by atoms with Gasteiger partial charge in [0.1, 0.15) is 0 Å². The molecule has 0 radical (unpaired) electrons. The Morgan fingerprint density at radius 3 is 2.32 bits per heavy atom. The van der Waals surface area contributed by atoms with Crippen LogP contribution in [0, 0.1) is 0 Å². The Morgan fingerprint density at radius 1 is 1.11 bits per heavy atom. The van der Waals surface area contributed by atoms with Gasteiger partial charge in [-0.15, -0.1) is 11.3 Å². The molecular weight excluding hydrogens is 320 g/mol. The molecule has 0 atom stereocenters. The third kappa shape index (κ3) is 3.74. The molecule has 1 heterocycles. The van der Waals surface area contributed by atoms with Crippen molar-refractivity contribution in [1.82, 2.24) is 0 Å². The highest BCUT2D eigenvalue weighted by atomic mass is 79.9. The fraction of sp³-hybridized carbons (Fsp3) is 0.333. The lowest BCUT2D eigenvalue weighted by Crippen LogP contribution is -2.21. The van der Waals surface area contributed by atoms with E-state index in [4.69, 9.17) is 0 Å². The molecule has 0 spiro atoms. The molecule has 2 aromatic rings. The highest BCUT2D eigenvalue weighted by Crippen LogP contribution is 2.24. The first-order chi connectivity index (χ1) is 9.24. The SMILES string of the molecule is CCN(CC)c1ccc(NCc2sccc2Br)cc1. The maximum absolute atomic E-state index is 3.55. The number of nitrogens with one attached hydrogen (secondary N) is 1. The number of hydrogen-bond acceptors (Lipinski definition) is 3. The van der Waals surface area contributed by atoms with E-state index in [0.717, 1.165) is 25.3 Å². The van der Waals surface area contributed by atoms with Crippen molar-refractivity contribution in [3.05, 3.63) is 45.1 Å². The highest BCUT2D eigenvalue weighted by Gasteiger charge is 2.03. The van der Waals surface area contributed by atoms with Gasteiger partial charge in [0.2, 0.25) is 0 Å². The molecule has 19 heavy (non-hydrogen) atoms. The molecule has 102 valence electrons. The van der Waals surface area contributed by atoms with Crippen LogP contribution in [0.15, 0.2) is 40.2 Å². The van der Waals surface area contributed by atoms with Crippen molar-refractivity contribution in [1.29, 1.82) is 0 Å². The average molecular weight is 339 g/mol. The van der Waals surface area contributed by atoms with Gasteiger partial charge in [0.05, 0.1) is 6.54 Å². The lowest BCUT2D eigenvalue weighted by molar-refractivity contribution is 0.866. The predicted molar refractivity (Wildman–Crippen MR) is 89.3 cm³/mol. The minimum absolute atomic E-state index is 0.864. The molecule has 2 rings (SSSR count). The van der Waals surface area contributed by atoms with E-state index in [1.807, 2.05) is 0 Å². The summed E-state index contributed by atoms with van der Waals surface area (Å²) in [6.45, 7) is 7.33. The molecule has 0 fully saturated rings. The van der Waals surface area contributed by atoms with Gasteiger partial charge in [0.15, 0.2) is 0 Å². The van der Waals surface area contributed by atoms with E-state index in [2.05, 4.69) is 75.7 Å². The fourth-order valence-corrected chi connectivity index (χ4v) is 3.44. The van der Waals surface area contributed by atoms with Crippen LogP contribution in [0.2, 0.25) is 0 Å². The van der Waals surface area contributed by atoms with Crippen LogP contribution in [0.1, 0.15) is 18.7 Å². The summed E-state index contributed by atoms with van der Waals surface area (Å²) in [5, 5.41) is 5.55. The van der Waals surface area contributed by atoms with E-state index < -0.39 is 0 Å². The molecule has 0 unspecified atom stereocenters. The van der Waals surface area contributed by atoms with Crippen LogP contribution < -0.4 is 10.2 Å². The van der Waals surface area contributed by atoms with Gasteiger partial charge in [-0.2, -0.15) is 0 Å². The first-order valence-electron chi connectivity index (χ1n) is 6.55. The number of thiophene rings is 1. The Balaban J connectivity index is 1.97. The van der Waals surface area contributed by atoms with Crippen molar-refractivity contribution < 1.29 is 0 Å². The van der Waals surface area contributed by atoms with Crippen molar-refractivity contribution in [3.8, 4) is 0 Å². The van der Waals surface area contributed by atoms with Gasteiger partial charge in [-0.3, -0.25) is 0 Å². The molecule has 0 aliphatic carbocycles. The summed E-state index contributed by atoms with van der Waals surface area (Å²) in [6, 6.07) is 10.7. The Labute approximate surface area is 127 Å². The molecule has 0 aliphatic rings. The molecule has 2 nitrogen and oxygen atoms in total. The quantitative estimate of drug-likeness (QED) is 0.799. The number of anilines is 2. The Hall–Kier alpha value is -1.00. The molecule has 0 saturated heterocycles. The van der Waals surface area contributed by atoms with Gasteiger partial charge in [0, 0.05) is 33.8 Å². The van der Waals surface area contributed by atoms with E-state index >= 15 is 0 Å². The summed E-state index contributed by atoms with van der Waals surface area (Å²) in [5.41, 5.74) is 2.45. The first kappa shape index (κ1) is 14.4. The number of halogens is 1. The summed E-state index contributed by atoms with van der Waals surface area (Å²) in [5.74, 6) is 0. The van der Waals surface area contributed by atoms with E-state index in [1.165, 1.54) is 15.0 Å². The molecule has 1 aromatic heterocycles. The smallest absolute Gasteiger partial charge is 0.0505 e. The van der Waals surface area contributed by atoms with Crippen molar-refractivity contribution in [2.75, 3.05) is 23.3 Å². The fourth-order valence-electron chi connectivity index (χ4n) is 2.01. The summed E-state index contributed by atoms with van der Waals surface area (Å²) in [7, 11) is 0. The molecule has 0 bridgehead atoms. The molecule has 0 saturated carbocycles. The van der Waals surface area contributed by atoms with Crippen LogP contribution in [0.3, 0.4) is 0 Å². The number of nitrogens with zero attached hydrogens (tertiary/aromatic N) is 1. The molecule has 4 heteroatoms. The monoisotopic (exact) mass is 338 g/mol. The summed E-state index contributed by atoms with van der Waals surface area (Å²) < 4.78 is 1.18. The van der Waals surface area contributed by atoms with Gasteiger partial charge >= 0.3 is 0 Å². The van der Waals surface area contributed by atoms with E-state index in [9.17, 15) is 0 Å². The number of rotatable bonds is 6. The molecule has 1 aromatic carbocycles. The van der Waals surface area contributed by atoms with Crippen molar-refractivity contribution >= 4 is 38.6 Å². The van der Waals surface area contributed by atoms with Gasteiger partial charge in [-0.25, -0.2) is 0 Å². The first-order valence-corrected chi connectivity index (χ1v) is 8.22. The average Bonchev–Trinajstić information content (AvgIpc) is 2.85. The normalized spacial score (nSPS) is 10.5. The number of benzene rings is 1. The third-order valence-corrected chi connectivity index (χ3v) is 5.07. The standard InChI is InChI=1S/C15H19BrN2S/c1-3-18(4-2)13-7-5-12(6-8-13)17-11-15-14(16)9-10-19-15/h5-10,17H,3-4,11H2,1-2H3. The second-order valence-corrected chi connectivity index (χ2v) is 6.12. The van der Waals surface area contributed by atoms with Crippen LogP contribution in [-0.2, 0) is 6.54 Å². The van der Waals surface area contributed by atoms with Gasteiger partial charge in [-0.05, 0) is 65.5 Å². The minimum atomic E-state index is 0.864.